The molecule has 1 heterocycles. The van der Waals surface area contributed by atoms with Crippen molar-refractivity contribution < 1.29 is 19.5 Å². The third-order valence-corrected chi connectivity index (χ3v) is 4.04. The van der Waals surface area contributed by atoms with E-state index in [1.807, 2.05) is 0 Å². The van der Waals surface area contributed by atoms with Gasteiger partial charge in [-0.05, 0) is 24.3 Å². The van der Waals surface area contributed by atoms with Gasteiger partial charge in [-0.2, -0.15) is 11.8 Å². The Morgan fingerprint density at radius 2 is 1.89 bits per heavy atom. The number of nitrogens with one attached hydrogen (secondary N) is 1. The van der Waals surface area contributed by atoms with E-state index in [1.165, 1.54) is 18.9 Å². The summed E-state index contributed by atoms with van der Waals surface area (Å²) in [6, 6.07) is 0. The number of aliphatic carboxylic acids is 1. The van der Waals surface area contributed by atoms with Crippen molar-refractivity contribution >= 4 is 29.5 Å². The highest BCUT2D eigenvalue weighted by molar-refractivity contribution is 7.99. The molecule has 1 fully saturated rings. The van der Waals surface area contributed by atoms with Crippen LogP contribution >= 0.6 is 11.8 Å². The van der Waals surface area contributed by atoms with Crippen LogP contribution in [0.5, 0.6) is 0 Å². The highest BCUT2D eigenvalue weighted by Crippen LogP contribution is 2.27. The number of carboxylic acids is 1. The standard InChI is InChI=1S/C11H18N2O4S/c1-8(14)13(2)7-9(15)12-11(10(16)17)3-5-18-6-4-11/h3-7H2,1-2H3,(H,12,15)(H,16,17). The fourth-order valence-electron chi connectivity index (χ4n) is 1.75. The molecule has 0 unspecified atom stereocenters. The second-order valence-electron chi connectivity index (χ2n) is 4.42. The highest BCUT2D eigenvalue weighted by Gasteiger charge is 2.41. The molecule has 0 spiro atoms. The molecule has 2 amide bonds. The minimum atomic E-state index is -1.17. The average Bonchev–Trinajstić information content (AvgIpc) is 2.29. The molecule has 0 radical (unpaired) electrons. The molecular formula is C11H18N2O4S. The summed E-state index contributed by atoms with van der Waals surface area (Å²) in [4.78, 5) is 35.4. The summed E-state index contributed by atoms with van der Waals surface area (Å²) in [6.07, 6.45) is 0.838. The number of carbonyl (C=O) groups is 3. The smallest absolute Gasteiger partial charge is 0.329 e. The van der Waals surface area contributed by atoms with Crippen LogP contribution in [0.15, 0.2) is 0 Å². The fraction of sp³-hybridized carbons (Fsp3) is 0.727. The molecule has 102 valence electrons. The van der Waals surface area contributed by atoms with Gasteiger partial charge < -0.3 is 15.3 Å². The lowest BCUT2D eigenvalue weighted by atomic mass is 9.92. The zero-order valence-electron chi connectivity index (χ0n) is 10.6. The first-order valence-electron chi connectivity index (χ1n) is 5.71. The highest BCUT2D eigenvalue weighted by atomic mass is 32.2. The predicted octanol–water partition coefficient (Wildman–Crippen LogP) is -0.0687. The van der Waals surface area contributed by atoms with Gasteiger partial charge in [0.15, 0.2) is 0 Å². The number of thioether (sulfide) groups is 1. The minimum Gasteiger partial charge on any atom is -0.480 e. The molecule has 1 saturated heterocycles. The van der Waals surface area contributed by atoms with Crippen LogP contribution in [-0.4, -0.2) is 58.4 Å². The first kappa shape index (κ1) is 14.8. The van der Waals surface area contributed by atoms with Crippen molar-refractivity contribution in [3.8, 4) is 0 Å². The normalized spacial score (nSPS) is 17.9. The zero-order valence-corrected chi connectivity index (χ0v) is 11.4. The van der Waals surface area contributed by atoms with E-state index in [9.17, 15) is 19.5 Å². The lowest BCUT2D eigenvalue weighted by Gasteiger charge is -2.34. The number of hydrogen-bond donors (Lipinski definition) is 2. The number of hydrogen-bond acceptors (Lipinski definition) is 4. The molecule has 0 atom stereocenters. The third-order valence-electron chi connectivity index (χ3n) is 3.05. The number of likely N-dealkylation sites (N-methyl/N-ethyl adjacent to an activating group) is 1. The topological polar surface area (TPSA) is 86.7 Å². The summed E-state index contributed by atoms with van der Waals surface area (Å²) < 4.78 is 0. The van der Waals surface area contributed by atoms with E-state index in [0.717, 1.165) is 11.5 Å². The van der Waals surface area contributed by atoms with Gasteiger partial charge in [-0.1, -0.05) is 0 Å². The minimum absolute atomic E-state index is 0.114. The van der Waals surface area contributed by atoms with Crippen LogP contribution < -0.4 is 5.32 Å². The number of amides is 2. The summed E-state index contributed by atoms with van der Waals surface area (Å²) >= 11 is 1.68. The Morgan fingerprint density at radius 1 is 1.33 bits per heavy atom. The second kappa shape index (κ2) is 6.08. The molecule has 0 aliphatic carbocycles. The molecule has 0 aromatic rings. The molecule has 0 aromatic carbocycles. The van der Waals surface area contributed by atoms with Gasteiger partial charge in [0.2, 0.25) is 11.8 Å². The summed E-state index contributed by atoms with van der Waals surface area (Å²) in [5.41, 5.74) is -1.17. The van der Waals surface area contributed by atoms with Crippen molar-refractivity contribution in [3.05, 3.63) is 0 Å². The molecule has 7 heteroatoms. The Labute approximate surface area is 110 Å². The molecule has 1 aliphatic heterocycles. The third kappa shape index (κ3) is 3.63. The van der Waals surface area contributed by atoms with Gasteiger partial charge in [0, 0.05) is 14.0 Å². The van der Waals surface area contributed by atoms with Gasteiger partial charge in [-0.15, -0.1) is 0 Å². The maximum atomic E-state index is 11.8. The molecule has 0 saturated carbocycles. The van der Waals surface area contributed by atoms with E-state index in [1.54, 1.807) is 11.8 Å². The molecule has 6 nitrogen and oxygen atoms in total. The van der Waals surface area contributed by atoms with E-state index in [2.05, 4.69) is 5.32 Å². The Bertz CT molecular complexity index is 353. The number of carbonyl (C=O) groups excluding carboxylic acids is 2. The van der Waals surface area contributed by atoms with Gasteiger partial charge in [0.25, 0.3) is 0 Å². The molecule has 18 heavy (non-hydrogen) atoms. The van der Waals surface area contributed by atoms with E-state index in [4.69, 9.17) is 0 Å². The van der Waals surface area contributed by atoms with Crippen LogP contribution in [0.4, 0.5) is 0 Å². The van der Waals surface area contributed by atoms with Crippen molar-refractivity contribution in [2.24, 2.45) is 0 Å². The summed E-state index contributed by atoms with van der Waals surface area (Å²) in [6.45, 7) is 1.25. The Morgan fingerprint density at radius 3 is 2.33 bits per heavy atom. The SMILES string of the molecule is CC(=O)N(C)CC(=O)NC1(C(=O)O)CCSCC1. The monoisotopic (exact) mass is 274 g/mol. The van der Waals surface area contributed by atoms with Gasteiger partial charge in [-0.25, -0.2) is 4.79 Å². The summed E-state index contributed by atoms with van der Waals surface area (Å²) in [7, 11) is 1.51. The van der Waals surface area contributed by atoms with E-state index < -0.39 is 17.4 Å². The van der Waals surface area contributed by atoms with E-state index in [-0.39, 0.29) is 12.5 Å². The lowest BCUT2D eigenvalue weighted by Crippen LogP contribution is -2.58. The van der Waals surface area contributed by atoms with Crippen LogP contribution in [0.3, 0.4) is 0 Å². The lowest BCUT2D eigenvalue weighted by molar-refractivity contribution is -0.148. The Balaban J connectivity index is 2.64. The largest absolute Gasteiger partial charge is 0.480 e. The number of rotatable bonds is 4. The van der Waals surface area contributed by atoms with Gasteiger partial charge in [0.1, 0.15) is 5.54 Å². The van der Waals surface area contributed by atoms with Crippen molar-refractivity contribution in [1.82, 2.24) is 10.2 Å². The maximum Gasteiger partial charge on any atom is 0.329 e. The van der Waals surface area contributed by atoms with Crippen molar-refractivity contribution in [3.63, 3.8) is 0 Å². The van der Waals surface area contributed by atoms with Crippen molar-refractivity contribution in [2.75, 3.05) is 25.1 Å². The maximum absolute atomic E-state index is 11.8. The van der Waals surface area contributed by atoms with E-state index in [0.29, 0.717) is 12.8 Å². The number of carboxylic acid groups (broad SMARTS) is 1. The quantitative estimate of drug-likeness (QED) is 0.749. The molecular weight excluding hydrogens is 256 g/mol. The van der Waals surface area contributed by atoms with Crippen LogP contribution in [0.2, 0.25) is 0 Å². The molecule has 1 rings (SSSR count). The molecule has 0 bridgehead atoms. The Kier molecular flexibility index (Phi) is 5.01. The summed E-state index contributed by atoms with van der Waals surface area (Å²) in [5, 5.41) is 11.8. The average molecular weight is 274 g/mol. The van der Waals surface area contributed by atoms with Crippen LogP contribution in [-0.2, 0) is 14.4 Å². The molecule has 2 N–H and O–H groups in total. The van der Waals surface area contributed by atoms with Gasteiger partial charge in [0.05, 0.1) is 6.54 Å². The van der Waals surface area contributed by atoms with Crippen LogP contribution in [0, 0.1) is 0 Å². The van der Waals surface area contributed by atoms with Crippen molar-refractivity contribution in [2.45, 2.75) is 25.3 Å². The first-order chi connectivity index (χ1) is 8.37. The Hall–Kier alpha value is -1.24. The zero-order chi connectivity index (χ0) is 13.8. The van der Waals surface area contributed by atoms with Gasteiger partial charge in [-0.3, -0.25) is 9.59 Å². The van der Waals surface area contributed by atoms with Crippen LogP contribution in [0.1, 0.15) is 19.8 Å². The van der Waals surface area contributed by atoms with E-state index >= 15 is 0 Å². The molecule has 0 aromatic heterocycles. The van der Waals surface area contributed by atoms with Crippen LogP contribution in [0.25, 0.3) is 0 Å². The second-order valence-corrected chi connectivity index (χ2v) is 5.65. The first-order valence-corrected chi connectivity index (χ1v) is 6.87. The summed E-state index contributed by atoms with van der Waals surface area (Å²) in [5.74, 6) is -0.220. The predicted molar refractivity (Wildman–Crippen MR) is 68.4 cm³/mol. The van der Waals surface area contributed by atoms with Gasteiger partial charge >= 0.3 is 5.97 Å². The fourth-order valence-corrected chi connectivity index (χ4v) is 2.94. The van der Waals surface area contributed by atoms with Crippen molar-refractivity contribution in [1.29, 1.82) is 0 Å². The number of nitrogens with zero attached hydrogens (tertiary/aromatic N) is 1. The molecule has 1 aliphatic rings.